The van der Waals surface area contributed by atoms with Crippen molar-refractivity contribution in [2.24, 2.45) is 0 Å². The molecule has 0 bridgehead atoms. The summed E-state index contributed by atoms with van der Waals surface area (Å²) in [6, 6.07) is 6.18. The van der Waals surface area contributed by atoms with Crippen LogP contribution in [0.2, 0.25) is 0 Å². The molecule has 22 heavy (non-hydrogen) atoms. The molecule has 0 radical (unpaired) electrons. The van der Waals surface area contributed by atoms with Crippen molar-refractivity contribution in [3.8, 4) is 0 Å². The minimum atomic E-state index is 0.0633. The zero-order chi connectivity index (χ0) is 15.7. The zero-order valence-corrected chi connectivity index (χ0v) is 13.7. The van der Waals surface area contributed by atoms with Crippen LogP contribution in [-0.2, 0) is 0 Å². The Balaban J connectivity index is 1.79. The summed E-state index contributed by atoms with van der Waals surface area (Å²) in [4.78, 5) is 28.0. The molecule has 1 aliphatic heterocycles. The number of benzene rings is 1. The third-order valence-electron chi connectivity index (χ3n) is 4.31. The fourth-order valence-electron chi connectivity index (χ4n) is 2.90. The first-order valence-corrected chi connectivity index (χ1v) is 8.48. The van der Waals surface area contributed by atoms with Gasteiger partial charge >= 0.3 is 0 Å². The van der Waals surface area contributed by atoms with Crippen LogP contribution in [0.15, 0.2) is 23.6 Å². The second kappa shape index (κ2) is 6.18. The van der Waals surface area contributed by atoms with E-state index in [0.29, 0.717) is 17.2 Å². The quantitative estimate of drug-likeness (QED) is 0.818. The highest BCUT2D eigenvalue weighted by atomic mass is 32.1. The lowest BCUT2D eigenvalue weighted by Crippen LogP contribution is -2.50. The highest BCUT2D eigenvalue weighted by molar-refractivity contribution is 7.17. The number of rotatable bonds is 3. The molecule has 1 amide bonds. The fourth-order valence-corrected chi connectivity index (χ4v) is 3.78. The molecule has 1 aromatic carbocycles. The van der Waals surface area contributed by atoms with Gasteiger partial charge in [0.2, 0.25) is 0 Å². The molecule has 0 unspecified atom stereocenters. The van der Waals surface area contributed by atoms with Gasteiger partial charge in [-0.05, 0) is 32.0 Å². The Kier molecular flexibility index (Phi) is 4.27. The number of piperazine rings is 1. The highest BCUT2D eigenvalue weighted by Gasteiger charge is 2.23. The van der Waals surface area contributed by atoms with Gasteiger partial charge < -0.3 is 4.90 Å². The summed E-state index contributed by atoms with van der Waals surface area (Å²) in [5.41, 5.74) is 1.34. The average Bonchev–Trinajstić information content (AvgIpc) is 2.96. The first-order valence-electron chi connectivity index (χ1n) is 7.60. The van der Waals surface area contributed by atoms with Gasteiger partial charge in [0.15, 0.2) is 6.29 Å². The molecular weight excluding hydrogens is 296 g/mol. The Morgan fingerprint density at radius 3 is 2.59 bits per heavy atom. The SMILES string of the molecule is CC(C)N1CCN(C(=O)c2ccc3scc(C=O)c3c2)CC1. The molecule has 1 saturated heterocycles. The third-order valence-corrected chi connectivity index (χ3v) is 5.29. The maximum absolute atomic E-state index is 12.7. The van der Waals surface area contributed by atoms with Gasteiger partial charge in [-0.15, -0.1) is 11.3 Å². The minimum absolute atomic E-state index is 0.0633. The number of aldehydes is 1. The topological polar surface area (TPSA) is 40.6 Å². The molecular formula is C17H20N2O2S. The monoisotopic (exact) mass is 316 g/mol. The molecule has 2 aromatic rings. The smallest absolute Gasteiger partial charge is 0.253 e. The van der Waals surface area contributed by atoms with Crippen molar-refractivity contribution in [2.45, 2.75) is 19.9 Å². The first-order chi connectivity index (χ1) is 10.6. The standard InChI is InChI=1S/C17H20N2O2S/c1-12(2)18-5-7-19(8-6-18)17(21)13-3-4-16-15(9-13)14(10-20)11-22-16/h3-4,9-12H,5-8H2,1-2H3. The largest absolute Gasteiger partial charge is 0.336 e. The number of thiophene rings is 1. The number of carbonyl (C=O) groups is 2. The second-order valence-electron chi connectivity index (χ2n) is 5.94. The summed E-state index contributed by atoms with van der Waals surface area (Å²) in [5.74, 6) is 0.0633. The van der Waals surface area contributed by atoms with Crippen LogP contribution in [0.5, 0.6) is 0 Å². The van der Waals surface area contributed by atoms with Crippen LogP contribution in [-0.4, -0.2) is 54.2 Å². The first kappa shape index (κ1) is 15.2. The molecule has 1 aromatic heterocycles. The summed E-state index contributed by atoms with van der Waals surface area (Å²) >= 11 is 1.54. The Morgan fingerprint density at radius 1 is 1.23 bits per heavy atom. The predicted molar refractivity (Wildman–Crippen MR) is 89.8 cm³/mol. The van der Waals surface area contributed by atoms with Gasteiger partial charge in [-0.2, -0.15) is 0 Å². The minimum Gasteiger partial charge on any atom is -0.336 e. The molecule has 1 aliphatic rings. The van der Waals surface area contributed by atoms with Gasteiger partial charge in [-0.1, -0.05) is 0 Å². The van der Waals surface area contributed by atoms with Gasteiger partial charge in [-0.25, -0.2) is 0 Å². The van der Waals surface area contributed by atoms with E-state index in [4.69, 9.17) is 0 Å². The molecule has 0 spiro atoms. The number of hydrogen-bond acceptors (Lipinski definition) is 4. The molecule has 116 valence electrons. The summed E-state index contributed by atoms with van der Waals surface area (Å²) in [7, 11) is 0. The van der Waals surface area contributed by atoms with Crippen LogP contribution in [0.3, 0.4) is 0 Å². The van der Waals surface area contributed by atoms with Crippen LogP contribution >= 0.6 is 11.3 Å². The lowest BCUT2D eigenvalue weighted by molar-refractivity contribution is 0.0595. The Morgan fingerprint density at radius 2 is 1.95 bits per heavy atom. The molecule has 3 rings (SSSR count). The number of nitrogens with zero attached hydrogens (tertiary/aromatic N) is 2. The number of hydrogen-bond donors (Lipinski definition) is 0. The van der Waals surface area contributed by atoms with Crippen molar-refractivity contribution in [3.63, 3.8) is 0 Å². The lowest BCUT2D eigenvalue weighted by atomic mass is 10.1. The number of fused-ring (bicyclic) bond motifs is 1. The van der Waals surface area contributed by atoms with Crippen LogP contribution in [0.1, 0.15) is 34.6 Å². The van der Waals surface area contributed by atoms with Crippen molar-refractivity contribution in [3.05, 3.63) is 34.7 Å². The molecule has 5 heteroatoms. The summed E-state index contributed by atoms with van der Waals surface area (Å²) in [6.45, 7) is 7.73. The molecule has 0 aliphatic carbocycles. The van der Waals surface area contributed by atoms with Crippen molar-refractivity contribution in [2.75, 3.05) is 26.2 Å². The van der Waals surface area contributed by atoms with Crippen LogP contribution < -0.4 is 0 Å². The fraction of sp³-hybridized carbons (Fsp3) is 0.412. The van der Waals surface area contributed by atoms with E-state index in [9.17, 15) is 9.59 Å². The predicted octanol–water partition coefficient (Wildman–Crippen LogP) is 2.88. The van der Waals surface area contributed by atoms with E-state index >= 15 is 0 Å². The summed E-state index contributed by atoms with van der Waals surface area (Å²) in [5, 5.41) is 2.72. The molecule has 0 saturated carbocycles. The van der Waals surface area contributed by atoms with E-state index in [0.717, 1.165) is 42.6 Å². The van der Waals surface area contributed by atoms with Crippen molar-refractivity contribution < 1.29 is 9.59 Å². The zero-order valence-electron chi connectivity index (χ0n) is 12.9. The Hall–Kier alpha value is -1.72. The van der Waals surface area contributed by atoms with Gasteiger partial charge in [0.1, 0.15) is 0 Å². The molecule has 2 heterocycles. The van der Waals surface area contributed by atoms with E-state index < -0.39 is 0 Å². The highest BCUT2D eigenvalue weighted by Crippen LogP contribution is 2.26. The maximum atomic E-state index is 12.7. The Labute approximate surface area is 134 Å². The van der Waals surface area contributed by atoms with Crippen LogP contribution in [0.25, 0.3) is 10.1 Å². The van der Waals surface area contributed by atoms with E-state index in [1.54, 1.807) is 0 Å². The number of amides is 1. The van der Waals surface area contributed by atoms with Crippen molar-refractivity contribution in [1.29, 1.82) is 0 Å². The normalized spacial score (nSPS) is 16.4. The van der Waals surface area contributed by atoms with E-state index in [1.165, 1.54) is 11.3 Å². The summed E-state index contributed by atoms with van der Waals surface area (Å²) in [6.07, 6.45) is 0.856. The second-order valence-corrected chi connectivity index (χ2v) is 6.85. The van der Waals surface area contributed by atoms with Crippen molar-refractivity contribution >= 4 is 33.6 Å². The number of carbonyl (C=O) groups excluding carboxylic acids is 2. The molecule has 4 nitrogen and oxygen atoms in total. The van der Waals surface area contributed by atoms with Crippen LogP contribution in [0, 0.1) is 0 Å². The van der Waals surface area contributed by atoms with Crippen molar-refractivity contribution in [1.82, 2.24) is 9.80 Å². The van der Waals surface area contributed by atoms with Gasteiger partial charge in [0.25, 0.3) is 5.91 Å². The third kappa shape index (κ3) is 2.78. The van der Waals surface area contributed by atoms with E-state index in [-0.39, 0.29) is 5.91 Å². The average molecular weight is 316 g/mol. The Bertz CT molecular complexity index is 700. The maximum Gasteiger partial charge on any atom is 0.253 e. The molecule has 0 atom stereocenters. The van der Waals surface area contributed by atoms with Gasteiger partial charge in [-0.3, -0.25) is 14.5 Å². The lowest BCUT2D eigenvalue weighted by Gasteiger charge is -2.37. The van der Waals surface area contributed by atoms with E-state index in [1.807, 2.05) is 28.5 Å². The molecule has 0 N–H and O–H groups in total. The summed E-state index contributed by atoms with van der Waals surface area (Å²) < 4.78 is 1.04. The van der Waals surface area contributed by atoms with Crippen LogP contribution in [0.4, 0.5) is 0 Å². The van der Waals surface area contributed by atoms with E-state index in [2.05, 4.69) is 18.7 Å². The van der Waals surface area contributed by atoms with Gasteiger partial charge in [0, 0.05) is 58.8 Å². The van der Waals surface area contributed by atoms with Gasteiger partial charge in [0.05, 0.1) is 0 Å². The molecule has 1 fully saturated rings.